The van der Waals surface area contributed by atoms with Crippen LogP contribution in [0.1, 0.15) is 68.5 Å². The number of rotatable bonds is 4. The normalized spacial score (nSPS) is 34.4. The first kappa shape index (κ1) is 14.5. The lowest BCUT2D eigenvalue weighted by molar-refractivity contribution is 0.101. The van der Waals surface area contributed by atoms with E-state index in [4.69, 9.17) is 4.98 Å². The van der Waals surface area contributed by atoms with Crippen LogP contribution in [0, 0.1) is 18.8 Å². The van der Waals surface area contributed by atoms with Gasteiger partial charge in [-0.05, 0) is 44.4 Å². The molecular weight excluding hydrogens is 264 g/mol. The molecule has 20 heavy (non-hydrogen) atoms. The van der Waals surface area contributed by atoms with Crippen LogP contribution in [-0.2, 0) is 12.0 Å². The van der Waals surface area contributed by atoms with E-state index in [1.54, 1.807) is 0 Å². The number of aryl methyl sites for hydroxylation is 2. The van der Waals surface area contributed by atoms with Crippen molar-refractivity contribution in [3.05, 3.63) is 15.6 Å². The van der Waals surface area contributed by atoms with Crippen molar-refractivity contribution in [1.29, 1.82) is 0 Å². The van der Waals surface area contributed by atoms with Crippen LogP contribution in [-0.4, -0.2) is 11.0 Å². The second-order valence-electron chi connectivity index (χ2n) is 6.92. The Bertz CT molecular complexity index is 477. The third-order valence-electron chi connectivity index (χ3n) is 5.51. The third-order valence-corrected chi connectivity index (χ3v) is 6.70. The van der Waals surface area contributed by atoms with E-state index in [1.165, 1.54) is 47.7 Å². The Morgan fingerprint density at radius 3 is 2.65 bits per heavy atom. The molecule has 1 aromatic heterocycles. The molecule has 0 radical (unpaired) electrons. The molecule has 2 nitrogen and oxygen atoms in total. The number of nitrogens with zero attached hydrogens (tertiary/aromatic N) is 1. The van der Waals surface area contributed by atoms with Crippen LogP contribution in [0.15, 0.2) is 0 Å². The maximum Gasteiger partial charge on any atom is 0.114 e. The molecule has 0 spiro atoms. The Hall–Kier alpha value is -0.410. The van der Waals surface area contributed by atoms with Gasteiger partial charge in [-0.3, -0.25) is 0 Å². The molecule has 3 rings (SSSR count). The van der Waals surface area contributed by atoms with Crippen LogP contribution in [0.5, 0.6) is 0 Å². The summed E-state index contributed by atoms with van der Waals surface area (Å²) in [7, 11) is 0. The van der Waals surface area contributed by atoms with Crippen molar-refractivity contribution in [3.63, 3.8) is 0 Å². The molecule has 2 fully saturated rings. The molecule has 1 heterocycles. The lowest BCUT2D eigenvalue weighted by Crippen LogP contribution is -2.52. The summed E-state index contributed by atoms with van der Waals surface area (Å²) in [5.41, 5.74) is 1.47. The van der Waals surface area contributed by atoms with Gasteiger partial charge in [0, 0.05) is 10.9 Å². The molecule has 0 bridgehead atoms. The molecule has 2 aliphatic rings. The summed E-state index contributed by atoms with van der Waals surface area (Å²) in [6.45, 7) is 9.33. The Kier molecular flexibility index (Phi) is 3.93. The average molecular weight is 292 g/mol. The summed E-state index contributed by atoms with van der Waals surface area (Å²) >= 11 is 1.95. The standard InChI is InChI=1S/C17H28N2S/c1-5-15-13(4)20-16(18-15)17(19-14-8-9-14)10-6-7-11(2)12(17)3/h11-12,14,19H,5-10H2,1-4H3. The van der Waals surface area contributed by atoms with Crippen molar-refractivity contribution in [3.8, 4) is 0 Å². The van der Waals surface area contributed by atoms with Crippen molar-refractivity contribution >= 4 is 11.3 Å². The van der Waals surface area contributed by atoms with Crippen LogP contribution < -0.4 is 5.32 Å². The second-order valence-corrected chi connectivity index (χ2v) is 8.13. The van der Waals surface area contributed by atoms with E-state index in [2.05, 4.69) is 33.0 Å². The summed E-state index contributed by atoms with van der Waals surface area (Å²) in [5.74, 6) is 1.48. The first-order valence-electron chi connectivity index (χ1n) is 8.31. The van der Waals surface area contributed by atoms with E-state index in [0.717, 1.165) is 18.4 Å². The van der Waals surface area contributed by atoms with Gasteiger partial charge in [0.05, 0.1) is 11.2 Å². The zero-order chi connectivity index (χ0) is 14.3. The van der Waals surface area contributed by atoms with Gasteiger partial charge in [0.25, 0.3) is 0 Å². The second kappa shape index (κ2) is 5.42. The molecule has 112 valence electrons. The molecule has 2 aliphatic carbocycles. The van der Waals surface area contributed by atoms with Gasteiger partial charge in [-0.1, -0.05) is 33.6 Å². The molecule has 2 saturated carbocycles. The van der Waals surface area contributed by atoms with E-state index in [0.29, 0.717) is 5.92 Å². The zero-order valence-corrected chi connectivity index (χ0v) is 14.1. The van der Waals surface area contributed by atoms with E-state index >= 15 is 0 Å². The van der Waals surface area contributed by atoms with Gasteiger partial charge in [-0.25, -0.2) is 4.98 Å². The fourth-order valence-electron chi connectivity index (χ4n) is 3.77. The molecule has 3 atom stereocenters. The predicted molar refractivity (Wildman–Crippen MR) is 86.2 cm³/mol. The Morgan fingerprint density at radius 1 is 1.30 bits per heavy atom. The summed E-state index contributed by atoms with van der Waals surface area (Å²) in [4.78, 5) is 6.47. The number of aromatic nitrogens is 1. The SMILES string of the molecule is CCc1nc(C2(NC3CC3)CCCC(C)C2C)sc1C. The largest absolute Gasteiger partial charge is 0.302 e. The highest BCUT2D eigenvalue weighted by molar-refractivity contribution is 7.11. The van der Waals surface area contributed by atoms with Gasteiger partial charge in [0.2, 0.25) is 0 Å². The molecule has 0 amide bonds. The molecule has 3 heteroatoms. The van der Waals surface area contributed by atoms with Crippen LogP contribution in [0.2, 0.25) is 0 Å². The molecule has 0 saturated heterocycles. The van der Waals surface area contributed by atoms with Crippen molar-refractivity contribution in [2.45, 2.75) is 77.8 Å². The minimum absolute atomic E-state index is 0.154. The highest BCUT2D eigenvalue weighted by Gasteiger charge is 2.47. The Morgan fingerprint density at radius 2 is 2.05 bits per heavy atom. The maximum absolute atomic E-state index is 5.05. The van der Waals surface area contributed by atoms with Crippen LogP contribution in [0.25, 0.3) is 0 Å². The molecule has 1 aromatic rings. The van der Waals surface area contributed by atoms with Crippen molar-refractivity contribution in [1.82, 2.24) is 10.3 Å². The lowest BCUT2D eigenvalue weighted by Gasteiger charge is -2.45. The first-order valence-corrected chi connectivity index (χ1v) is 9.13. The van der Waals surface area contributed by atoms with E-state index in [9.17, 15) is 0 Å². The highest BCUT2D eigenvalue weighted by atomic mass is 32.1. The maximum atomic E-state index is 5.05. The molecule has 0 aliphatic heterocycles. The fraction of sp³-hybridized carbons (Fsp3) is 0.824. The van der Waals surface area contributed by atoms with Gasteiger partial charge in [0.15, 0.2) is 0 Å². The topological polar surface area (TPSA) is 24.9 Å². The van der Waals surface area contributed by atoms with Crippen LogP contribution in [0.4, 0.5) is 0 Å². The third kappa shape index (κ3) is 2.43. The highest BCUT2D eigenvalue weighted by Crippen LogP contribution is 2.47. The van der Waals surface area contributed by atoms with Gasteiger partial charge in [-0.15, -0.1) is 11.3 Å². The van der Waals surface area contributed by atoms with E-state index in [-0.39, 0.29) is 5.54 Å². The number of hydrogen-bond acceptors (Lipinski definition) is 3. The van der Waals surface area contributed by atoms with Crippen LogP contribution >= 0.6 is 11.3 Å². The molecule has 3 unspecified atom stereocenters. The Balaban J connectivity index is 1.99. The molecular formula is C17H28N2S. The van der Waals surface area contributed by atoms with Gasteiger partial charge >= 0.3 is 0 Å². The fourth-order valence-corrected chi connectivity index (χ4v) is 5.05. The predicted octanol–water partition coefficient (Wildman–Crippen LogP) is 4.42. The quantitative estimate of drug-likeness (QED) is 0.888. The smallest absolute Gasteiger partial charge is 0.114 e. The minimum Gasteiger partial charge on any atom is -0.302 e. The number of thiazole rings is 1. The Labute approximate surface area is 127 Å². The minimum atomic E-state index is 0.154. The lowest BCUT2D eigenvalue weighted by atomic mass is 9.68. The molecule has 0 aromatic carbocycles. The number of nitrogens with one attached hydrogen (secondary N) is 1. The summed E-state index contributed by atoms with van der Waals surface area (Å²) in [6, 6.07) is 0.747. The van der Waals surface area contributed by atoms with Crippen molar-refractivity contribution < 1.29 is 0 Å². The summed E-state index contributed by atoms with van der Waals surface area (Å²) < 4.78 is 0. The van der Waals surface area contributed by atoms with Gasteiger partial charge in [-0.2, -0.15) is 0 Å². The van der Waals surface area contributed by atoms with Gasteiger partial charge < -0.3 is 5.32 Å². The summed E-state index contributed by atoms with van der Waals surface area (Å²) in [6.07, 6.45) is 7.75. The number of hydrogen-bond donors (Lipinski definition) is 1. The van der Waals surface area contributed by atoms with Crippen molar-refractivity contribution in [2.75, 3.05) is 0 Å². The summed E-state index contributed by atoms with van der Waals surface area (Å²) in [5, 5.41) is 5.39. The average Bonchev–Trinajstić information content (AvgIpc) is 3.15. The van der Waals surface area contributed by atoms with Crippen molar-refractivity contribution in [2.24, 2.45) is 11.8 Å². The molecule has 1 N–H and O–H groups in total. The first-order chi connectivity index (χ1) is 9.56. The zero-order valence-electron chi connectivity index (χ0n) is 13.3. The van der Waals surface area contributed by atoms with Crippen LogP contribution in [0.3, 0.4) is 0 Å². The van der Waals surface area contributed by atoms with E-state index in [1.807, 2.05) is 11.3 Å². The van der Waals surface area contributed by atoms with Gasteiger partial charge in [0.1, 0.15) is 5.01 Å². The monoisotopic (exact) mass is 292 g/mol. The van der Waals surface area contributed by atoms with E-state index < -0.39 is 0 Å².